The fraction of sp³-hybridized carbons (Fsp3) is 0.278. The van der Waals surface area contributed by atoms with Crippen molar-refractivity contribution in [2.45, 2.75) is 24.9 Å². The van der Waals surface area contributed by atoms with Crippen LogP contribution >= 0.6 is 22.9 Å². The summed E-state index contributed by atoms with van der Waals surface area (Å²) in [5.74, 6) is 0. The van der Waals surface area contributed by atoms with E-state index in [0.717, 1.165) is 57.0 Å². The third kappa shape index (κ3) is 2.39. The highest BCUT2D eigenvalue weighted by atomic mass is 35.5. The zero-order valence-corrected chi connectivity index (χ0v) is 15.6. The van der Waals surface area contributed by atoms with Gasteiger partial charge in [0.1, 0.15) is 16.3 Å². The maximum atomic E-state index is 10.6. The van der Waals surface area contributed by atoms with Crippen molar-refractivity contribution in [3.05, 3.63) is 40.9 Å². The normalized spacial score (nSPS) is 16.1. The van der Waals surface area contributed by atoms with E-state index in [1.807, 2.05) is 25.5 Å². The third-order valence-electron chi connectivity index (χ3n) is 4.96. The number of aromatic amines is 1. The lowest BCUT2D eigenvalue weighted by molar-refractivity contribution is -0.0389. The largest absolute Gasteiger partial charge is 0.383 e. The maximum absolute atomic E-state index is 10.6. The summed E-state index contributed by atoms with van der Waals surface area (Å²) in [6.07, 6.45) is 9.79. The summed E-state index contributed by atoms with van der Waals surface area (Å²) >= 11 is 8.00. The van der Waals surface area contributed by atoms with E-state index in [0.29, 0.717) is 5.02 Å². The minimum atomic E-state index is -0.763. The molecule has 0 spiro atoms. The highest BCUT2D eigenvalue weighted by molar-refractivity contribution is 7.15. The van der Waals surface area contributed by atoms with Crippen LogP contribution in [-0.2, 0) is 12.6 Å². The van der Waals surface area contributed by atoms with E-state index in [4.69, 9.17) is 11.6 Å². The average Bonchev–Trinajstić information content (AvgIpc) is 3.31. The molecule has 0 radical (unpaired) electrons. The smallest absolute Gasteiger partial charge is 0.138 e. The number of rotatable bonds is 3. The van der Waals surface area contributed by atoms with Crippen molar-refractivity contribution in [1.29, 1.82) is 0 Å². The van der Waals surface area contributed by atoms with Crippen LogP contribution in [0.2, 0.25) is 5.02 Å². The van der Waals surface area contributed by atoms with Gasteiger partial charge in [0.05, 0.1) is 21.8 Å². The topological polar surface area (TPSA) is 79.6 Å². The first-order valence-corrected chi connectivity index (χ1v) is 9.58. The molecule has 1 fully saturated rings. The lowest BCUT2D eigenvalue weighted by Gasteiger charge is -2.34. The Labute approximate surface area is 158 Å². The molecular formula is C18H16ClN5OS. The molecule has 1 aliphatic carbocycles. The SMILES string of the molecule is Cn1cc(-c2cc3c(-c4cnc(C5(O)CCC5)s4)c(Cl)cnc3[nH]2)cn1. The number of nitrogens with zero attached hydrogens (tertiary/aromatic N) is 4. The van der Waals surface area contributed by atoms with E-state index in [-0.39, 0.29) is 0 Å². The number of fused-ring (bicyclic) bond motifs is 1. The Morgan fingerprint density at radius 2 is 2.12 bits per heavy atom. The van der Waals surface area contributed by atoms with E-state index in [1.165, 1.54) is 11.3 Å². The van der Waals surface area contributed by atoms with Crippen molar-refractivity contribution in [3.8, 4) is 21.7 Å². The molecule has 0 bridgehead atoms. The highest BCUT2D eigenvalue weighted by Gasteiger charge is 2.39. The predicted octanol–water partition coefficient (Wildman–Crippen LogP) is 4.11. The van der Waals surface area contributed by atoms with Crippen molar-refractivity contribution in [3.63, 3.8) is 0 Å². The van der Waals surface area contributed by atoms with E-state index in [9.17, 15) is 5.11 Å². The van der Waals surface area contributed by atoms with Gasteiger partial charge in [0.25, 0.3) is 0 Å². The van der Waals surface area contributed by atoms with Crippen molar-refractivity contribution in [2.24, 2.45) is 7.05 Å². The second-order valence-electron chi connectivity index (χ2n) is 6.74. The molecular weight excluding hydrogens is 370 g/mol. The van der Waals surface area contributed by atoms with Crippen LogP contribution in [0.1, 0.15) is 24.3 Å². The second kappa shape index (κ2) is 5.64. The number of aryl methyl sites for hydroxylation is 1. The molecule has 132 valence electrons. The van der Waals surface area contributed by atoms with Crippen molar-refractivity contribution < 1.29 is 5.11 Å². The van der Waals surface area contributed by atoms with Gasteiger partial charge < -0.3 is 10.1 Å². The standard InChI is InChI=1S/C18H16ClN5OS/c1-24-9-10(6-22-24)13-5-11-15(12(19)7-20-16(11)23-13)14-8-21-17(26-14)18(25)3-2-4-18/h5-9,25H,2-4H2,1H3,(H,20,23). The summed E-state index contributed by atoms with van der Waals surface area (Å²) in [5.41, 5.74) is 2.82. The van der Waals surface area contributed by atoms with Crippen LogP contribution in [-0.4, -0.2) is 29.8 Å². The fourth-order valence-electron chi connectivity index (χ4n) is 3.35. The Balaban J connectivity index is 1.65. The molecule has 8 heteroatoms. The van der Waals surface area contributed by atoms with Crippen molar-refractivity contribution >= 4 is 34.0 Å². The Kier molecular flexibility index (Phi) is 3.47. The molecule has 6 nitrogen and oxygen atoms in total. The molecule has 4 aromatic rings. The summed E-state index contributed by atoms with van der Waals surface area (Å²) in [5, 5.41) is 17.1. The zero-order chi connectivity index (χ0) is 17.9. The van der Waals surface area contributed by atoms with Gasteiger partial charge >= 0.3 is 0 Å². The highest BCUT2D eigenvalue weighted by Crippen LogP contribution is 2.46. The van der Waals surface area contributed by atoms with E-state index < -0.39 is 5.60 Å². The molecule has 4 heterocycles. The summed E-state index contributed by atoms with van der Waals surface area (Å²) in [4.78, 5) is 13.2. The maximum Gasteiger partial charge on any atom is 0.138 e. The second-order valence-corrected chi connectivity index (χ2v) is 8.18. The molecule has 0 unspecified atom stereocenters. The van der Waals surface area contributed by atoms with Gasteiger partial charge in [-0.15, -0.1) is 11.3 Å². The van der Waals surface area contributed by atoms with Crippen LogP contribution in [0.25, 0.3) is 32.7 Å². The first kappa shape index (κ1) is 16.0. The Morgan fingerprint density at radius 3 is 2.81 bits per heavy atom. The fourth-order valence-corrected chi connectivity index (χ4v) is 4.79. The number of hydrogen-bond donors (Lipinski definition) is 2. The number of halogens is 1. The summed E-state index contributed by atoms with van der Waals surface area (Å²) in [6, 6.07) is 2.04. The lowest BCUT2D eigenvalue weighted by Crippen LogP contribution is -2.33. The minimum Gasteiger partial charge on any atom is -0.383 e. The number of thiazole rings is 1. The lowest BCUT2D eigenvalue weighted by atomic mass is 9.81. The molecule has 0 atom stereocenters. The minimum absolute atomic E-state index is 0.574. The van der Waals surface area contributed by atoms with Crippen LogP contribution in [0.5, 0.6) is 0 Å². The van der Waals surface area contributed by atoms with Crippen LogP contribution in [0.3, 0.4) is 0 Å². The molecule has 1 saturated carbocycles. The third-order valence-corrected chi connectivity index (χ3v) is 6.45. The molecule has 1 aliphatic rings. The number of aromatic nitrogens is 5. The van der Waals surface area contributed by atoms with E-state index in [1.54, 1.807) is 17.1 Å². The first-order valence-electron chi connectivity index (χ1n) is 8.39. The molecule has 0 aromatic carbocycles. The van der Waals surface area contributed by atoms with Crippen molar-refractivity contribution in [1.82, 2.24) is 24.7 Å². The number of pyridine rings is 1. The summed E-state index contributed by atoms with van der Waals surface area (Å²) < 4.78 is 1.76. The Morgan fingerprint density at radius 1 is 1.27 bits per heavy atom. The summed E-state index contributed by atoms with van der Waals surface area (Å²) in [6.45, 7) is 0. The monoisotopic (exact) mass is 385 g/mol. The number of nitrogens with one attached hydrogen (secondary N) is 1. The summed E-state index contributed by atoms with van der Waals surface area (Å²) in [7, 11) is 1.89. The predicted molar refractivity (Wildman–Crippen MR) is 102 cm³/mol. The van der Waals surface area contributed by atoms with Gasteiger partial charge in [0.2, 0.25) is 0 Å². The quantitative estimate of drug-likeness (QED) is 0.556. The zero-order valence-electron chi connectivity index (χ0n) is 14.0. The molecule has 4 aromatic heterocycles. The van der Waals surface area contributed by atoms with Gasteiger partial charge in [-0.3, -0.25) is 4.68 Å². The van der Waals surface area contributed by atoms with Crippen molar-refractivity contribution in [2.75, 3.05) is 0 Å². The van der Waals surface area contributed by atoms with Gasteiger partial charge in [-0.2, -0.15) is 5.10 Å². The van der Waals surface area contributed by atoms with E-state index >= 15 is 0 Å². The molecule has 5 rings (SSSR count). The number of aliphatic hydroxyl groups is 1. The van der Waals surface area contributed by atoms with Gasteiger partial charge in [-0.25, -0.2) is 9.97 Å². The molecule has 0 aliphatic heterocycles. The molecule has 0 saturated heterocycles. The van der Waals surface area contributed by atoms with Gasteiger partial charge in [0, 0.05) is 42.2 Å². The average molecular weight is 386 g/mol. The van der Waals surface area contributed by atoms with E-state index in [2.05, 4.69) is 20.1 Å². The number of H-pyrrole nitrogens is 1. The van der Waals surface area contributed by atoms with Crippen LogP contribution in [0.15, 0.2) is 30.9 Å². The Hall–Kier alpha value is -2.22. The van der Waals surface area contributed by atoms with Gasteiger partial charge in [-0.05, 0) is 25.3 Å². The van der Waals surface area contributed by atoms with Gasteiger partial charge in [-0.1, -0.05) is 11.6 Å². The van der Waals surface area contributed by atoms with Gasteiger partial charge in [0.15, 0.2) is 0 Å². The van der Waals surface area contributed by atoms with Crippen LogP contribution in [0, 0.1) is 0 Å². The number of hydrogen-bond acceptors (Lipinski definition) is 5. The van der Waals surface area contributed by atoms with Crippen LogP contribution in [0.4, 0.5) is 0 Å². The molecule has 2 N–H and O–H groups in total. The Bertz CT molecular complexity index is 1120. The molecule has 26 heavy (non-hydrogen) atoms. The molecule has 0 amide bonds. The van der Waals surface area contributed by atoms with Crippen LogP contribution < -0.4 is 0 Å². The first-order chi connectivity index (χ1) is 12.5.